The molecule has 12 heteroatoms. The van der Waals surface area contributed by atoms with Crippen molar-refractivity contribution < 1.29 is 32.5 Å². The van der Waals surface area contributed by atoms with Crippen molar-refractivity contribution >= 4 is 32.9 Å². The fourth-order valence-electron chi connectivity index (χ4n) is 2.70. The number of nitrogens with zero attached hydrogens (tertiary/aromatic N) is 2. The van der Waals surface area contributed by atoms with E-state index in [1.165, 1.54) is 6.07 Å². The zero-order valence-corrected chi connectivity index (χ0v) is 17.7. The van der Waals surface area contributed by atoms with Gasteiger partial charge in [-0.1, -0.05) is 6.08 Å². The highest BCUT2D eigenvalue weighted by Gasteiger charge is 2.24. The van der Waals surface area contributed by atoms with E-state index in [0.717, 1.165) is 17.7 Å². The fraction of sp³-hybridized carbons (Fsp3) is 0.263. The molecule has 0 saturated heterocycles. The van der Waals surface area contributed by atoms with Crippen LogP contribution in [0.4, 0.5) is 24.5 Å². The molecular weight excluding hydrogens is 489 g/mol. The molecular formula is C19H16BrF3N2O6. The topological polar surface area (TPSA) is 105 Å². The molecule has 0 fully saturated rings. The van der Waals surface area contributed by atoms with Gasteiger partial charge in [-0.05, 0) is 47.0 Å². The van der Waals surface area contributed by atoms with Crippen LogP contribution in [-0.2, 0) is 4.74 Å². The van der Waals surface area contributed by atoms with Crippen LogP contribution in [0, 0.1) is 37.7 Å². The number of nitro benzene ring substituents is 2. The molecule has 0 saturated carbocycles. The van der Waals surface area contributed by atoms with E-state index in [1.807, 2.05) is 0 Å². The summed E-state index contributed by atoms with van der Waals surface area (Å²) in [5, 5.41) is 21.1. The Hall–Kier alpha value is -2.99. The Bertz CT molecular complexity index is 1030. The highest BCUT2D eigenvalue weighted by Crippen LogP contribution is 2.38. The molecule has 3 rings (SSSR count). The third kappa shape index (κ3) is 6.25. The van der Waals surface area contributed by atoms with Crippen molar-refractivity contribution in [3.05, 3.63) is 78.1 Å². The van der Waals surface area contributed by atoms with Gasteiger partial charge < -0.3 is 9.47 Å². The number of hydrogen-bond acceptors (Lipinski definition) is 6. The number of nitro groups is 2. The molecule has 0 aliphatic carbocycles. The first-order chi connectivity index (χ1) is 14.6. The largest absolute Gasteiger partial charge is 0.487 e. The summed E-state index contributed by atoms with van der Waals surface area (Å²) in [7, 11) is 0. The minimum atomic E-state index is -1.07. The maximum absolute atomic E-state index is 13.5. The zero-order valence-electron chi connectivity index (χ0n) is 16.1. The highest BCUT2D eigenvalue weighted by atomic mass is 79.9. The molecule has 0 atom stereocenters. The average Bonchev–Trinajstić information content (AvgIpc) is 2.72. The number of hydrogen-bond donors (Lipinski definition) is 0. The second-order valence-electron chi connectivity index (χ2n) is 6.02. The normalized spacial score (nSPS) is 13.0. The summed E-state index contributed by atoms with van der Waals surface area (Å²) < 4.78 is 49.1. The van der Waals surface area contributed by atoms with Gasteiger partial charge in [-0.25, -0.2) is 8.78 Å². The van der Waals surface area contributed by atoms with Crippen LogP contribution < -0.4 is 4.74 Å². The van der Waals surface area contributed by atoms with Gasteiger partial charge in [0.25, 0.3) is 0 Å². The van der Waals surface area contributed by atoms with Crippen LogP contribution in [0.1, 0.15) is 18.9 Å². The van der Waals surface area contributed by atoms with E-state index in [9.17, 15) is 33.4 Å². The summed E-state index contributed by atoms with van der Waals surface area (Å²) in [5.74, 6) is -2.43. The van der Waals surface area contributed by atoms with Crippen molar-refractivity contribution in [1.29, 1.82) is 0 Å². The van der Waals surface area contributed by atoms with Gasteiger partial charge in [0.2, 0.25) is 11.6 Å². The van der Waals surface area contributed by atoms with E-state index in [2.05, 4.69) is 15.9 Å². The molecule has 0 bridgehead atoms. The lowest BCUT2D eigenvalue weighted by atomic mass is 9.99. The Balaban J connectivity index is 0.000000245. The summed E-state index contributed by atoms with van der Waals surface area (Å²) in [4.78, 5) is 19.5. The molecule has 0 amide bonds. The number of benzene rings is 2. The first-order valence-electron chi connectivity index (χ1n) is 8.82. The smallest absolute Gasteiger partial charge is 0.314 e. The molecule has 0 radical (unpaired) electrons. The predicted octanol–water partition coefficient (Wildman–Crippen LogP) is 5.57. The monoisotopic (exact) mass is 504 g/mol. The molecule has 1 aliphatic rings. The highest BCUT2D eigenvalue weighted by molar-refractivity contribution is 9.10. The van der Waals surface area contributed by atoms with E-state index in [0.29, 0.717) is 31.3 Å². The Kier molecular flexibility index (Phi) is 8.51. The SMILES string of the molecule is CCOc1c(C2=CCOCC2)cc(F)cc1[N+](=O)[O-].O=[N+]([O-])c1cc(F)cc(Br)c1F. The van der Waals surface area contributed by atoms with Crippen LogP contribution in [0.3, 0.4) is 0 Å². The fourth-order valence-corrected chi connectivity index (χ4v) is 3.12. The molecule has 1 aliphatic heterocycles. The van der Waals surface area contributed by atoms with Gasteiger partial charge in [0, 0.05) is 5.56 Å². The third-order valence-corrected chi connectivity index (χ3v) is 4.58. The van der Waals surface area contributed by atoms with E-state index >= 15 is 0 Å². The molecule has 0 unspecified atom stereocenters. The lowest BCUT2D eigenvalue weighted by Gasteiger charge is -2.17. The van der Waals surface area contributed by atoms with Crippen molar-refractivity contribution in [2.45, 2.75) is 13.3 Å². The molecule has 1 heterocycles. The standard InChI is InChI=1S/C13H14FNO4.C6H2BrF2NO2/c1-2-19-13-11(9-3-5-18-6-4-9)7-10(14)8-12(13)15(16)17;7-4-1-3(8)2-5(6(4)9)10(11)12/h3,7-8H,2,4-6H2,1H3;1-2H. The minimum Gasteiger partial charge on any atom is -0.487 e. The average molecular weight is 505 g/mol. The molecule has 31 heavy (non-hydrogen) atoms. The molecule has 166 valence electrons. The Morgan fingerprint density at radius 3 is 2.23 bits per heavy atom. The second-order valence-corrected chi connectivity index (χ2v) is 6.88. The van der Waals surface area contributed by atoms with E-state index in [-0.39, 0.29) is 22.5 Å². The van der Waals surface area contributed by atoms with E-state index < -0.39 is 33.0 Å². The van der Waals surface area contributed by atoms with Crippen LogP contribution >= 0.6 is 15.9 Å². The van der Waals surface area contributed by atoms with Gasteiger partial charge in [-0.2, -0.15) is 4.39 Å². The van der Waals surface area contributed by atoms with E-state index in [4.69, 9.17) is 9.47 Å². The predicted molar refractivity (Wildman–Crippen MR) is 108 cm³/mol. The molecule has 0 N–H and O–H groups in total. The lowest BCUT2D eigenvalue weighted by molar-refractivity contribution is -0.387. The molecule has 2 aromatic carbocycles. The third-order valence-electron chi connectivity index (χ3n) is 4.00. The minimum absolute atomic E-state index is 0.127. The van der Waals surface area contributed by atoms with Gasteiger partial charge in [0.15, 0.2) is 0 Å². The first kappa shape index (κ1) is 24.3. The van der Waals surface area contributed by atoms with Gasteiger partial charge >= 0.3 is 11.4 Å². The van der Waals surface area contributed by atoms with Crippen molar-refractivity contribution in [2.24, 2.45) is 0 Å². The van der Waals surface area contributed by atoms with Crippen LogP contribution in [0.25, 0.3) is 5.57 Å². The Labute approximate surface area is 182 Å². The van der Waals surface area contributed by atoms with Crippen LogP contribution in [0.5, 0.6) is 5.75 Å². The van der Waals surface area contributed by atoms with Crippen LogP contribution in [0.15, 0.2) is 34.8 Å². The zero-order chi connectivity index (χ0) is 23.1. The number of rotatable bonds is 5. The first-order valence-corrected chi connectivity index (χ1v) is 9.61. The van der Waals surface area contributed by atoms with Gasteiger partial charge in [0.05, 0.1) is 46.3 Å². The van der Waals surface area contributed by atoms with Crippen molar-refractivity contribution in [2.75, 3.05) is 19.8 Å². The van der Waals surface area contributed by atoms with E-state index in [1.54, 1.807) is 13.0 Å². The van der Waals surface area contributed by atoms with Crippen molar-refractivity contribution in [3.63, 3.8) is 0 Å². The molecule has 8 nitrogen and oxygen atoms in total. The van der Waals surface area contributed by atoms with Gasteiger partial charge in [-0.15, -0.1) is 0 Å². The number of halogens is 4. The van der Waals surface area contributed by atoms with Crippen molar-refractivity contribution in [3.8, 4) is 5.75 Å². The van der Waals surface area contributed by atoms with Crippen molar-refractivity contribution in [1.82, 2.24) is 0 Å². The van der Waals surface area contributed by atoms with Gasteiger partial charge in [0.1, 0.15) is 11.6 Å². The summed E-state index contributed by atoms with van der Waals surface area (Å²) in [6, 6.07) is 3.51. The summed E-state index contributed by atoms with van der Waals surface area (Å²) in [5.41, 5.74) is 0.0419. The lowest BCUT2D eigenvalue weighted by Crippen LogP contribution is -2.07. The molecule has 0 spiro atoms. The summed E-state index contributed by atoms with van der Waals surface area (Å²) in [6.45, 7) is 2.95. The quantitative estimate of drug-likeness (QED) is 0.299. The summed E-state index contributed by atoms with van der Waals surface area (Å²) in [6.07, 6.45) is 2.38. The Morgan fingerprint density at radius 1 is 1.06 bits per heavy atom. The molecule has 0 aromatic heterocycles. The second kappa shape index (κ2) is 10.9. The molecule has 2 aromatic rings. The maximum atomic E-state index is 13.5. The summed E-state index contributed by atoms with van der Waals surface area (Å²) >= 11 is 2.65. The Morgan fingerprint density at radius 2 is 1.68 bits per heavy atom. The van der Waals surface area contributed by atoms with Crippen LogP contribution in [-0.4, -0.2) is 29.7 Å². The van der Waals surface area contributed by atoms with Crippen LogP contribution in [0.2, 0.25) is 0 Å². The van der Waals surface area contributed by atoms with Gasteiger partial charge in [-0.3, -0.25) is 20.2 Å². The number of ether oxygens (including phenoxy) is 2. The maximum Gasteiger partial charge on any atom is 0.314 e.